The van der Waals surface area contributed by atoms with E-state index in [9.17, 15) is 0 Å². The Labute approximate surface area is 298 Å². The third-order valence-electron chi connectivity index (χ3n) is 9.30. The van der Waals surface area contributed by atoms with E-state index >= 15 is 0 Å². The van der Waals surface area contributed by atoms with E-state index in [4.69, 9.17) is 15.0 Å². The van der Waals surface area contributed by atoms with E-state index in [1.165, 1.54) is 38.2 Å². The molecule has 0 bridgehead atoms. The minimum Gasteiger partial charge on any atom is -0.208 e. The van der Waals surface area contributed by atoms with E-state index in [1.807, 2.05) is 0 Å². The van der Waals surface area contributed by atoms with Crippen molar-refractivity contribution in [2.75, 3.05) is 0 Å². The van der Waals surface area contributed by atoms with Gasteiger partial charge in [-0.3, -0.25) is 0 Å². The summed E-state index contributed by atoms with van der Waals surface area (Å²) < 4.78 is 0. The molecule has 0 aliphatic carbocycles. The van der Waals surface area contributed by atoms with Gasteiger partial charge in [0.1, 0.15) is 0 Å². The molecule has 6 aromatic carbocycles. The van der Waals surface area contributed by atoms with Crippen molar-refractivity contribution < 1.29 is 0 Å². The normalized spacial score (nSPS) is 11.8. The summed E-state index contributed by atoms with van der Waals surface area (Å²) in [6.07, 6.45) is 0. The number of nitrogens with zero attached hydrogens (tertiary/aromatic N) is 3. The van der Waals surface area contributed by atoms with Crippen LogP contribution in [0.15, 0.2) is 152 Å². The number of hydrogen-bond donors (Lipinski definition) is 0. The molecule has 0 radical (unpaired) electrons. The van der Waals surface area contributed by atoms with Crippen molar-refractivity contribution in [1.82, 2.24) is 15.0 Å². The molecule has 0 saturated carbocycles. The van der Waals surface area contributed by atoms with Crippen LogP contribution in [-0.2, 0) is 0 Å². The van der Waals surface area contributed by atoms with Gasteiger partial charge >= 0.3 is 0 Å². The van der Waals surface area contributed by atoms with E-state index in [2.05, 4.69) is 191 Å². The molecule has 0 spiro atoms. The lowest BCUT2D eigenvalue weighted by Crippen LogP contribution is -2.37. The zero-order valence-electron chi connectivity index (χ0n) is 29.8. The molecule has 0 atom stereocenters. The second-order valence-corrected chi connectivity index (χ2v) is 25.2. The Hall–Kier alpha value is -5.24. The molecule has 0 N–H and O–H groups in total. The van der Waals surface area contributed by atoms with Gasteiger partial charge in [0.15, 0.2) is 17.5 Å². The second kappa shape index (κ2) is 13.6. The van der Waals surface area contributed by atoms with Gasteiger partial charge in [0.25, 0.3) is 0 Å². The first-order valence-corrected chi connectivity index (χ1v) is 24.4. The topological polar surface area (TPSA) is 38.7 Å². The Balaban J connectivity index is 1.23. The molecule has 50 heavy (non-hydrogen) atoms. The van der Waals surface area contributed by atoms with Crippen LogP contribution >= 0.6 is 0 Å². The van der Waals surface area contributed by atoms with Crippen LogP contribution in [0.4, 0.5) is 0 Å². The van der Waals surface area contributed by atoms with Crippen molar-refractivity contribution in [3.05, 3.63) is 152 Å². The zero-order chi connectivity index (χ0) is 34.9. The monoisotopic (exact) mass is 681 g/mol. The van der Waals surface area contributed by atoms with Crippen LogP contribution in [-0.4, -0.2) is 31.1 Å². The van der Waals surface area contributed by atoms with Gasteiger partial charge in [-0.05, 0) is 45.5 Å². The Bertz CT molecular complexity index is 2170. The number of benzene rings is 6. The van der Waals surface area contributed by atoms with Gasteiger partial charge in [-0.2, -0.15) is 0 Å². The van der Waals surface area contributed by atoms with E-state index < -0.39 is 16.1 Å². The van der Waals surface area contributed by atoms with Crippen LogP contribution in [0.1, 0.15) is 0 Å². The highest BCUT2D eigenvalue weighted by Gasteiger charge is 2.19. The summed E-state index contributed by atoms with van der Waals surface area (Å²) in [6.45, 7) is 14.2. The van der Waals surface area contributed by atoms with E-state index in [-0.39, 0.29) is 0 Å². The summed E-state index contributed by atoms with van der Waals surface area (Å²) in [4.78, 5) is 15.1. The van der Waals surface area contributed by atoms with Gasteiger partial charge in [0.2, 0.25) is 0 Å². The molecule has 0 aliphatic rings. The lowest BCUT2D eigenvalue weighted by Gasteiger charge is -2.17. The van der Waals surface area contributed by atoms with Crippen LogP contribution in [0, 0.1) is 0 Å². The summed E-state index contributed by atoms with van der Waals surface area (Å²) in [6, 6.07) is 54.3. The average Bonchev–Trinajstić information content (AvgIpc) is 3.14. The summed E-state index contributed by atoms with van der Waals surface area (Å²) in [5.74, 6) is 2.05. The fourth-order valence-electron chi connectivity index (χ4n) is 6.20. The summed E-state index contributed by atoms with van der Waals surface area (Å²) in [5.41, 5.74) is 10.1. The quantitative estimate of drug-likeness (QED) is 0.150. The second-order valence-electron chi connectivity index (χ2n) is 15.1. The molecule has 0 fully saturated rings. The highest BCUT2D eigenvalue weighted by molar-refractivity contribution is 6.89. The largest absolute Gasteiger partial charge is 0.208 e. The predicted molar refractivity (Wildman–Crippen MR) is 218 cm³/mol. The van der Waals surface area contributed by atoms with Crippen molar-refractivity contribution in [3.63, 3.8) is 0 Å². The van der Waals surface area contributed by atoms with Crippen molar-refractivity contribution in [3.8, 4) is 67.5 Å². The molecule has 1 heterocycles. The van der Waals surface area contributed by atoms with Gasteiger partial charge in [-0.25, -0.2) is 15.0 Å². The van der Waals surface area contributed by atoms with Crippen molar-refractivity contribution in [2.45, 2.75) is 39.3 Å². The predicted octanol–water partition coefficient (Wildman–Crippen LogP) is 11.0. The van der Waals surface area contributed by atoms with Gasteiger partial charge in [-0.15, -0.1) is 0 Å². The Morgan fingerprint density at radius 1 is 0.280 bits per heavy atom. The van der Waals surface area contributed by atoms with Crippen molar-refractivity contribution in [2.24, 2.45) is 0 Å². The Kier molecular flexibility index (Phi) is 9.04. The van der Waals surface area contributed by atoms with Crippen LogP contribution in [0.25, 0.3) is 67.5 Å². The fourth-order valence-corrected chi connectivity index (χ4v) is 8.53. The van der Waals surface area contributed by atoms with E-state index in [0.717, 1.165) is 22.3 Å². The lowest BCUT2D eigenvalue weighted by molar-refractivity contribution is 1.07. The maximum absolute atomic E-state index is 5.03. The smallest absolute Gasteiger partial charge is 0.164 e. The van der Waals surface area contributed by atoms with Crippen LogP contribution in [0.3, 0.4) is 0 Å². The summed E-state index contributed by atoms with van der Waals surface area (Å²) in [7, 11) is -2.86. The number of aromatic nitrogens is 3. The molecule has 5 heteroatoms. The SMILES string of the molecule is C[Si](C)(C)c1ccc(-c2nc(-c3ccc(-c4cccc(-c5cccc(-c6ccccc6)c5)c4)cc3)nc(-c3ccc([Si](C)(C)C)cc3)n2)cc1. The third-order valence-corrected chi connectivity index (χ3v) is 13.4. The van der Waals surface area contributed by atoms with Gasteiger partial charge in [0, 0.05) is 16.7 Å². The Morgan fingerprint density at radius 3 is 0.920 bits per heavy atom. The highest BCUT2D eigenvalue weighted by Crippen LogP contribution is 2.31. The fraction of sp³-hybridized carbons (Fsp3) is 0.133. The maximum Gasteiger partial charge on any atom is 0.164 e. The summed E-state index contributed by atoms with van der Waals surface area (Å²) in [5, 5.41) is 2.84. The number of rotatable bonds is 8. The standard InChI is InChI=1S/C45H43N3Si2/c1-49(2,3)41-26-22-35(23-27-41)44-46-43(47-45(48-44)36-24-28-42(29-25-36)50(4,5)6)34-20-18-33(19-21-34)38-15-11-17-40(31-38)39-16-10-14-37(30-39)32-12-8-7-9-13-32/h7-31H,1-6H3. The molecular weight excluding hydrogens is 639 g/mol. The van der Waals surface area contributed by atoms with Crippen LogP contribution in [0.5, 0.6) is 0 Å². The minimum absolute atomic E-state index is 0.673. The van der Waals surface area contributed by atoms with Gasteiger partial charge < -0.3 is 0 Å². The van der Waals surface area contributed by atoms with E-state index in [0.29, 0.717) is 17.5 Å². The van der Waals surface area contributed by atoms with Gasteiger partial charge in [0.05, 0.1) is 16.1 Å². The molecular formula is C45H43N3Si2. The van der Waals surface area contributed by atoms with Gasteiger partial charge in [-0.1, -0.05) is 189 Å². The number of hydrogen-bond acceptors (Lipinski definition) is 3. The molecule has 7 aromatic rings. The van der Waals surface area contributed by atoms with E-state index in [1.54, 1.807) is 0 Å². The van der Waals surface area contributed by atoms with Crippen molar-refractivity contribution in [1.29, 1.82) is 0 Å². The molecule has 0 unspecified atom stereocenters. The first kappa shape index (κ1) is 33.3. The van der Waals surface area contributed by atoms with Crippen LogP contribution in [0.2, 0.25) is 39.3 Å². The van der Waals surface area contributed by atoms with Crippen molar-refractivity contribution >= 4 is 26.5 Å². The molecule has 7 rings (SSSR count). The molecule has 246 valence electrons. The third kappa shape index (κ3) is 7.35. The Morgan fingerprint density at radius 2 is 0.560 bits per heavy atom. The molecule has 0 saturated heterocycles. The average molecular weight is 682 g/mol. The van der Waals surface area contributed by atoms with Crippen LogP contribution < -0.4 is 10.4 Å². The zero-order valence-corrected chi connectivity index (χ0v) is 31.8. The molecule has 0 aliphatic heterocycles. The highest BCUT2D eigenvalue weighted by atomic mass is 28.3. The first-order valence-electron chi connectivity index (χ1n) is 17.4. The minimum atomic E-state index is -1.43. The molecule has 3 nitrogen and oxygen atoms in total. The molecule has 1 aromatic heterocycles. The summed E-state index contributed by atoms with van der Waals surface area (Å²) >= 11 is 0. The lowest BCUT2D eigenvalue weighted by atomic mass is 9.96. The maximum atomic E-state index is 5.03. The molecule has 0 amide bonds. The first-order chi connectivity index (χ1) is 24.0.